The largest absolute Gasteiger partial charge is 0.444 e. The molecule has 0 amide bonds. The van der Waals surface area contributed by atoms with E-state index in [1.54, 1.807) is 23.9 Å². The molecule has 7 nitrogen and oxygen atoms in total. The predicted molar refractivity (Wildman–Crippen MR) is 113 cm³/mol. The maximum Gasteiger partial charge on any atom is 0.236 e. The normalized spacial score (nSPS) is 11.6. The summed E-state index contributed by atoms with van der Waals surface area (Å²) in [6.07, 6.45) is 3.30. The zero-order valence-corrected chi connectivity index (χ0v) is 16.8. The summed E-state index contributed by atoms with van der Waals surface area (Å²) in [6.45, 7) is 3.69. The van der Waals surface area contributed by atoms with Crippen LogP contribution in [-0.4, -0.2) is 22.5 Å². The van der Waals surface area contributed by atoms with Gasteiger partial charge in [-0.05, 0) is 30.5 Å². The molecular weight excluding hydrogens is 386 g/mol. The first-order chi connectivity index (χ1) is 14.3. The Kier molecular flexibility index (Phi) is 6.01. The minimum atomic E-state index is 0.415. The predicted octanol–water partition coefficient (Wildman–Crippen LogP) is 4.31. The maximum absolute atomic E-state index is 5.58. The highest BCUT2D eigenvalue weighted by Gasteiger charge is 2.09. The van der Waals surface area contributed by atoms with Crippen LogP contribution >= 0.6 is 11.3 Å². The quantitative estimate of drug-likeness (QED) is 0.350. The van der Waals surface area contributed by atoms with Gasteiger partial charge in [-0.25, -0.2) is 15.0 Å². The molecular formula is C21H21N5O2S. The van der Waals surface area contributed by atoms with E-state index in [1.807, 2.05) is 54.8 Å². The second-order valence-electron chi connectivity index (χ2n) is 6.18. The van der Waals surface area contributed by atoms with Crippen molar-refractivity contribution in [2.24, 2.45) is 4.99 Å². The number of nitrogens with one attached hydrogen (secondary N) is 2. The summed E-state index contributed by atoms with van der Waals surface area (Å²) in [7, 11) is 0. The van der Waals surface area contributed by atoms with Crippen molar-refractivity contribution in [1.29, 1.82) is 0 Å². The minimum Gasteiger partial charge on any atom is -0.444 e. The van der Waals surface area contributed by atoms with Crippen molar-refractivity contribution in [2.75, 3.05) is 6.54 Å². The minimum absolute atomic E-state index is 0.415. The molecule has 2 N–H and O–H groups in total. The molecule has 0 fully saturated rings. The summed E-state index contributed by atoms with van der Waals surface area (Å²) < 4.78 is 11.1. The number of thiophene rings is 1. The summed E-state index contributed by atoms with van der Waals surface area (Å²) in [4.78, 5) is 14.6. The molecule has 4 rings (SSSR count). The number of nitrogens with zero attached hydrogens (tertiary/aromatic N) is 3. The van der Waals surface area contributed by atoms with Gasteiger partial charge in [0.25, 0.3) is 0 Å². The van der Waals surface area contributed by atoms with Gasteiger partial charge in [0.15, 0.2) is 5.96 Å². The molecule has 3 heterocycles. The van der Waals surface area contributed by atoms with Crippen LogP contribution in [-0.2, 0) is 13.1 Å². The van der Waals surface area contributed by atoms with Crippen molar-refractivity contribution < 1.29 is 8.83 Å². The first kappa shape index (κ1) is 18.9. The Morgan fingerprint density at radius 1 is 0.966 bits per heavy atom. The Hall–Kier alpha value is -3.39. The summed E-state index contributed by atoms with van der Waals surface area (Å²) >= 11 is 1.60. The van der Waals surface area contributed by atoms with Gasteiger partial charge in [0.2, 0.25) is 11.8 Å². The Morgan fingerprint density at radius 3 is 2.55 bits per heavy atom. The summed E-state index contributed by atoms with van der Waals surface area (Å²) in [6, 6.07) is 13.8. The molecule has 0 aliphatic heterocycles. The van der Waals surface area contributed by atoms with Crippen LogP contribution < -0.4 is 10.6 Å². The number of hydrogen-bond acceptors (Lipinski definition) is 6. The number of hydrogen-bond donors (Lipinski definition) is 2. The number of guanidine groups is 1. The molecule has 4 aromatic rings. The van der Waals surface area contributed by atoms with Crippen LogP contribution in [0.5, 0.6) is 0 Å². The lowest BCUT2D eigenvalue weighted by Crippen LogP contribution is -2.36. The van der Waals surface area contributed by atoms with Crippen molar-refractivity contribution in [1.82, 2.24) is 20.6 Å². The monoisotopic (exact) mass is 407 g/mol. The fourth-order valence-corrected chi connectivity index (χ4v) is 3.33. The molecule has 1 aromatic carbocycles. The number of aliphatic imine (C=N–C) groups is 1. The molecule has 8 heteroatoms. The standard InChI is InChI=1S/C21H21N5O2S/c1-2-22-21(24-12-17-14-28-20(26-17)18-9-6-10-29-18)23-11-16-13-27-19(25-16)15-7-4-3-5-8-15/h3-10,13-14H,2,11-12H2,1H3,(H2,22,23,24). The number of benzene rings is 1. The van der Waals surface area contributed by atoms with Gasteiger partial charge in [0, 0.05) is 12.1 Å². The molecule has 0 saturated heterocycles. The molecule has 0 spiro atoms. The zero-order valence-electron chi connectivity index (χ0n) is 16.0. The Morgan fingerprint density at radius 2 is 1.76 bits per heavy atom. The lowest BCUT2D eigenvalue weighted by atomic mass is 10.2. The summed E-state index contributed by atoms with van der Waals surface area (Å²) in [5.41, 5.74) is 2.53. The SMILES string of the molecule is CCNC(=NCc1coc(-c2cccs2)n1)NCc1coc(-c2ccccc2)n1. The van der Waals surface area contributed by atoms with Gasteiger partial charge >= 0.3 is 0 Å². The van der Waals surface area contributed by atoms with Gasteiger partial charge in [-0.15, -0.1) is 11.3 Å². The van der Waals surface area contributed by atoms with Crippen LogP contribution in [0.25, 0.3) is 22.2 Å². The van der Waals surface area contributed by atoms with E-state index in [1.165, 1.54) is 0 Å². The van der Waals surface area contributed by atoms with Crippen molar-refractivity contribution in [3.05, 3.63) is 71.8 Å². The first-order valence-corrected chi connectivity index (χ1v) is 10.2. The van der Waals surface area contributed by atoms with E-state index in [0.29, 0.717) is 30.8 Å². The molecule has 29 heavy (non-hydrogen) atoms. The molecule has 0 saturated carbocycles. The van der Waals surface area contributed by atoms with Gasteiger partial charge in [-0.1, -0.05) is 24.3 Å². The number of rotatable bonds is 7. The third kappa shape index (κ3) is 4.91. The van der Waals surface area contributed by atoms with Gasteiger partial charge in [-0.3, -0.25) is 0 Å². The second kappa shape index (κ2) is 9.20. The van der Waals surface area contributed by atoms with E-state index in [0.717, 1.165) is 28.4 Å². The molecule has 0 aliphatic carbocycles. The first-order valence-electron chi connectivity index (χ1n) is 9.32. The van der Waals surface area contributed by atoms with Gasteiger partial charge < -0.3 is 19.5 Å². The molecule has 0 unspecified atom stereocenters. The lowest BCUT2D eigenvalue weighted by molar-refractivity contribution is 0.572. The highest BCUT2D eigenvalue weighted by Crippen LogP contribution is 2.23. The van der Waals surface area contributed by atoms with Gasteiger partial charge in [0.1, 0.15) is 18.2 Å². The Bertz CT molecular complexity index is 1050. The van der Waals surface area contributed by atoms with Crippen LogP contribution in [0, 0.1) is 0 Å². The van der Waals surface area contributed by atoms with Crippen molar-refractivity contribution >= 4 is 17.3 Å². The number of oxazole rings is 2. The van der Waals surface area contributed by atoms with Crippen molar-refractivity contribution in [2.45, 2.75) is 20.0 Å². The van der Waals surface area contributed by atoms with E-state index < -0.39 is 0 Å². The second-order valence-corrected chi connectivity index (χ2v) is 7.13. The topological polar surface area (TPSA) is 88.5 Å². The summed E-state index contributed by atoms with van der Waals surface area (Å²) in [5, 5.41) is 8.48. The van der Waals surface area contributed by atoms with Crippen LogP contribution in [0.2, 0.25) is 0 Å². The van der Waals surface area contributed by atoms with E-state index in [9.17, 15) is 0 Å². The highest BCUT2D eigenvalue weighted by molar-refractivity contribution is 7.13. The Labute approximate surface area is 172 Å². The van der Waals surface area contributed by atoms with Gasteiger partial charge in [0.05, 0.1) is 23.7 Å². The van der Waals surface area contributed by atoms with E-state index in [2.05, 4.69) is 25.6 Å². The zero-order chi connectivity index (χ0) is 19.9. The number of aromatic nitrogens is 2. The average molecular weight is 407 g/mol. The lowest BCUT2D eigenvalue weighted by Gasteiger charge is -2.09. The molecule has 0 radical (unpaired) electrons. The molecule has 0 bridgehead atoms. The van der Waals surface area contributed by atoms with Crippen LogP contribution in [0.1, 0.15) is 18.3 Å². The molecule has 148 valence electrons. The fourth-order valence-electron chi connectivity index (χ4n) is 2.67. The maximum atomic E-state index is 5.58. The third-order valence-corrected chi connectivity index (χ3v) is 4.89. The van der Waals surface area contributed by atoms with E-state index in [-0.39, 0.29) is 0 Å². The van der Waals surface area contributed by atoms with E-state index in [4.69, 9.17) is 8.83 Å². The summed E-state index contributed by atoms with van der Waals surface area (Å²) in [5.74, 6) is 1.91. The smallest absolute Gasteiger partial charge is 0.236 e. The van der Waals surface area contributed by atoms with Gasteiger partial charge in [-0.2, -0.15) is 0 Å². The molecule has 0 aliphatic rings. The average Bonchev–Trinajstić information content (AvgIpc) is 3.52. The Balaban J connectivity index is 1.37. The van der Waals surface area contributed by atoms with Crippen LogP contribution in [0.4, 0.5) is 0 Å². The molecule has 3 aromatic heterocycles. The fraction of sp³-hybridized carbons (Fsp3) is 0.190. The highest BCUT2D eigenvalue weighted by atomic mass is 32.1. The van der Waals surface area contributed by atoms with Crippen molar-refractivity contribution in [3.63, 3.8) is 0 Å². The molecule has 0 atom stereocenters. The van der Waals surface area contributed by atoms with Crippen LogP contribution in [0.3, 0.4) is 0 Å². The van der Waals surface area contributed by atoms with E-state index >= 15 is 0 Å². The third-order valence-electron chi connectivity index (χ3n) is 4.04. The van der Waals surface area contributed by atoms with Crippen molar-refractivity contribution in [3.8, 4) is 22.2 Å². The van der Waals surface area contributed by atoms with Crippen LogP contribution in [0.15, 0.2) is 74.2 Å².